The van der Waals surface area contributed by atoms with Gasteiger partial charge < -0.3 is 5.73 Å². The molecule has 2 rings (SSSR count). The average Bonchev–Trinajstić information content (AvgIpc) is 2.41. The molecule has 0 fully saturated rings. The minimum Gasteiger partial charge on any atom is -0.323 e. The molecule has 2 nitrogen and oxygen atoms in total. The van der Waals surface area contributed by atoms with Crippen LogP contribution in [-0.2, 0) is 10.8 Å². The number of nitrogens with two attached hydrogens (primary N) is 1. The van der Waals surface area contributed by atoms with Gasteiger partial charge in [-0.1, -0.05) is 23.8 Å². The van der Waals surface area contributed by atoms with Gasteiger partial charge in [0.05, 0.1) is 10.8 Å². The van der Waals surface area contributed by atoms with Crippen LogP contribution in [0.4, 0.5) is 8.78 Å². The number of rotatable bonds is 4. The van der Waals surface area contributed by atoms with Crippen molar-refractivity contribution in [3.05, 3.63) is 64.7 Å². The van der Waals surface area contributed by atoms with E-state index in [1.54, 1.807) is 0 Å². The topological polar surface area (TPSA) is 43.1 Å². The van der Waals surface area contributed by atoms with E-state index in [2.05, 4.69) is 0 Å². The monoisotopic (exact) mass is 309 g/mol. The lowest BCUT2D eigenvalue weighted by molar-refractivity contribution is 0.505. The maximum atomic E-state index is 13.2. The van der Waals surface area contributed by atoms with Crippen molar-refractivity contribution < 1.29 is 13.0 Å². The van der Waals surface area contributed by atoms with Crippen molar-refractivity contribution in [3.63, 3.8) is 0 Å². The molecule has 0 saturated carbocycles. The molecule has 0 saturated heterocycles. The molecule has 2 atom stereocenters. The molecule has 0 amide bonds. The first kappa shape index (κ1) is 15.8. The molecule has 21 heavy (non-hydrogen) atoms. The maximum absolute atomic E-state index is 13.2. The molecule has 0 aliphatic heterocycles. The quantitative estimate of drug-likeness (QED) is 0.941. The first-order valence-corrected chi connectivity index (χ1v) is 7.86. The van der Waals surface area contributed by atoms with Crippen LogP contribution >= 0.6 is 0 Å². The fraction of sp³-hybridized carbons (Fsp3) is 0.250. The highest BCUT2D eigenvalue weighted by atomic mass is 32.2. The van der Waals surface area contributed by atoms with E-state index < -0.39 is 28.5 Å². The zero-order valence-electron chi connectivity index (χ0n) is 11.9. The summed E-state index contributed by atoms with van der Waals surface area (Å²) in [5.41, 5.74) is 9.17. The third-order valence-corrected chi connectivity index (χ3v) is 4.75. The van der Waals surface area contributed by atoms with Gasteiger partial charge in [0, 0.05) is 16.7 Å². The van der Waals surface area contributed by atoms with Gasteiger partial charge in [-0.2, -0.15) is 0 Å². The zero-order chi connectivity index (χ0) is 15.6. The lowest BCUT2D eigenvalue weighted by Crippen LogP contribution is -2.19. The Morgan fingerprint density at radius 2 is 1.81 bits per heavy atom. The fourth-order valence-corrected chi connectivity index (χ4v) is 3.36. The van der Waals surface area contributed by atoms with Crippen LogP contribution in [0.25, 0.3) is 0 Å². The molecule has 2 aromatic carbocycles. The Morgan fingerprint density at radius 1 is 1.10 bits per heavy atom. The Morgan fingerprint density at radius 3 is 2.43 bits per heavy atom. The normalized spacial score (nSPS) is 14.0. The van der Waals surface area contributed by atoms with Gasteiger partial charge in [0.2, 0.25) is 0 Å². The fourth-order valence-electron chi connectivity index (χ4n) is 2.21. The summed E-state index contributed by atoms with van der Waals surface area (Å²) in [5, 5.41) is 0. The highest BCUT2D eigenvalue weighted by molar-refractivity contribution is 7.85. The smallest absolute Gasteiger partial charge is 0.160 e. The summed E-state index contributed by atoms with van der Waals surface area (Å²) in [6.07, 6.45) is 0. The molecular weight excluding hydrogens is 292 g/mol. The van der Waals surface area contributed by atoms with Crippen molar-refractivity contribution in [1.82, 2.24) is 0 Å². The summed E-state index contributed by atoms with van der Waals surface area (Å²) in [6, 6.07) is 8.71. The second kappa shape index (κ2) is 6.45. The summed E-state index contributed by atoms with van der Waals surface area (Å²) in [7, 11) is -1.48. The Kier molecular flexibility index (Phi) is 4.85. The summed E-state index contributed by atoms with van der Waals surface area (Å²) in [5.74, 6) is -1.79. The molecule has 2 aromatic rings. The van der Waals surface area contributed by atoms with E-state index in [0.29, 0.717) is 0 Å². The molecule has 2 N–H and O–H groups in total. The van der Waals surface area contributed by atoms with Gasteiger partial charge in [0.1, 0.15) is 0 Å². The van der Waals surface area contributed by atoms with E-state index in [1.165, 1.54) is 6.07 Å². The Bertz CT molecular complexity index is 688. The number of halogens is 2. The molecule has 5 heteroatoms. The average molecular weight is 309 g/mol. The molecule has 0 bridgehead atoms. The maximum Gasteiger partial charge on any atom is 0.160 e. The van der Waals surface area contributed by atoms with E-state index >= 15 is 0 Å². The van der Waals surface area contributed by atoms with E-state index in [4.69, 9.17) is 5.73 Å². The van der Waals surface area contributed by atoms with Gasteiger partial charge in [-0.15, -0.1) is 0 Å². The molecular formula is C16H17F2NOS. The van der Waals surface area contributed by atoms with Crippen molar-refractivity contribution in [1.29, 1.82) is 0 Å². The van der Waals surface area contributed by atoms with Crippen LogP contribution in [0, 0.1) is 25.5 Å². The summed E-state index contributed by atoms with van der Waals surface area (Å²) in [6.45, 7) is 3.93. The first-order valence-electron chi connectivity index (χ1n) is 6.54. The number of benzene rings is 2. The number of hydrogen-bond acceptors (Lipinski definition) is 2. The van der Waals surface area contributed by atoms with Gasteiger partial charge in [0.15, 0.2) is 11.6 Å². The van der Waals surface area contributed by atoms with Crippen LogP contribution in [0.3, 0.4) is 0 Å². The zero-order valence-corrected chi connectivity index (χ0v) is 12.7. The van der Waals surface area contributed by atoms with Crippen molar-refractivity contribution in [2.75, 3.05) is 5.75 Å². The molecule has 0 heterocycles. The third-order valence-electron chi connectivity index (χ3n) is 3.31. The van der Waals surface area contributed by atoms with Gasteiger partial charge in [-0.3, -0.25) is 4.21 Å². The highest BCUT2D eigenvalue weighted by Crippen LogP contribution is 2.20. The lowest BCUT2D eigenvalue weighted by atomic mass is 10.0. The van der Waals surface area contributed by atoms with Gasteiger partial charge in [-0.25, -0.2) is 8.78 Å². The van der Waals surface area contributed by atoms with Gasteiger partial charge in [-0.05, 0) is 43.2 Å². The van der Waals surface area contributed by atoms with Crippen molar-refractivity contribution in [2.45, 2.75) is 24.8 Å². The molecule has 0 aliphatic rings. The standard InChI is InChI=1S/C16H17F2NOS/c1-10-3-5-13(11(2)7-10)16(19)9-21(20)12-4-6-14(17)15(18)8-12/h3-8,16H,9,19H2,1-2H3. The van der Waals surface area contributed by atoms with Crippen LogP contribution in [0.15, 0.2) is 41.3 Å². The van der Waals surface area contributed by atoms with E-state index in [9.17, 15) is 13.0 Å². The summed E-state index contributed by atoms with van der Waals surface area (Å²) < 4.78 is 38.3. The van der Waals surface area contributed by atoms with Crippen molar-refractivity contribution in [2.24, 2.45) is 5.73 Å². The van der Waals surface area contributed by atoms with Crippen LogP contribution in [-0.4, -0.2) is 9.96 Å². The summed E-state index contributed by atoms with van der Waals surface area (Å²) >= 11 is 0. The number of hydrogen-bond donors (Lipinski definition) is 1. The minimum atomic E-state index is -1.48. The number of aryl methyl sites for hydroxylation is 2. The van der Waals surface area contributed by atoms with Gasteiger partial charge >= 0.3 is 0 Å². The molecule has 2 unspecified atom stereocenters. The molecule has 0 radical (unpaired) electrons. The van der Waals surface area contributed by atoms with E-state index in [0.717, 1.165) is 28.8 Å². The predicted molar refractivity (Wildman–Crippen MR) is 80.5 cm³/mol. The van der Waals surface area contributed by atoms with Crippen LogP contribution in [0.1, 0.15) is 22.7 Å². The molecule has 0 spiro atoms. The first-order chi connectivity index (χ1) is 9.88. The second-order valence-corrected chi connectivity index (χ2v) is 6.55. The largest absolute Gasteiger partial charge is 0.323 e. The van der Waals surface area contributed by atoms with E-state index in [1.807, 2.05) is 32.0 Å². The SMILES string of the molecule is Cc1ccc(C(N)CS(=O)c2ccc(F)c(F)c2)c(C)c1. The van der Waals surface area contributed by atoms with Gasteiger partial charge in [0.25, 0.3) is 0 Å². The lowest BCUT2D eigenvalue weighted by Gasteiger charge is -2.15. The highest BCUT2D eigenvalue weighted by Gasteiger charge is 2.15. The van der Waals surface area contributed by atoms with Crippen molar-refractivity contribution in [3.8, 4) is 0 Å². The van der Waals surface area contributed by atoms with E-state index in [-0.39, 0.29) is 10.6 Å². The molecule has 0 aromatic heterocycles. The third kappa shape index (κ3) is 3.74. The Hall–Kier alpha value is -1.59. The van der Waals surface area contributed by atoms with Crippen LogP contribution < -0.4 is 5.73 Å². The second-order valence-electron chi connectivity index (χ2n) is 5.05. The Balaban J connectivity index is 2.16. The van der Waals surface area contributed by atoms with Crippen LogP contribution in [0.5, 0.6) is 0 Å². The minimum absolute atomic E-state index is 0.162. The van der Waals surface area contributed by atoms with Crippen LogP contribution in [0.2, 0.25) is 0 Å². The molecule has 0 aliphatic carbocycles. The predicted octanol–water partition coefficient (Wildman–Crippen LogP) is 3.39. The summed E-state index contributed by atoms with van der Waals surface area (Å²) in [4.78, 5) is 0.245. The Labute approximate surface area is 125 Å². The molecule has 112 valence electrons. The van der Waals surface area contributed by atoms with Crippen molar-refractivity contribution >= 4 is 10.8 Å².